The zero-order chi connectivity index (χ0) is 11.8. The van der Waals surface area contributed by atoms with E-state index >= 15 is 0 Å². The van der Waals surface area contributed by atoms with Gasteiger partial charge in [0.2, 0.25) is 0 Å². The molecule has 0 aliphatic rings. The van der Waals surface area contributed by atoms with Crippen molar-refractivity contribution in [2.45, 2.75) is 33.2 Å². The van der Waals surface area contributed by atoms with E-state index in [1.807, 2.05) is 19.1 Å². The molecule has 3 N–H and O–H groups in total. The highest BCUT2D eigenvalue weighted by molar-refractivity contribution is 5.77. The number of hydrogen-bond acceptors (Lipinski definition) is 2. The van der Waals surface area contributed by atoms with Gasteiger partial charge in [-0.15, -0.1) is 0 Å². The Labute approximate surface area is 97.0 Å². The van der Waals surface area contributed by atoms with Crippen LogP contribution < -0.4 is 11.1 Å². The maximum Gasteiger partial charge on any atom is 0.188 e. The summed E-state index contributed by atoms with van der Waals surface area (Å²) in [5.41, 5.74) is 7.84. The number of aryl methyl sites for hydroxylation is 1. The molecule has 0 fully saturated rings. The lowest BCUT2D eigenvalue weighted by molar-refractivity contribution is 0.747. The SMILES string of the molecule is CCCCNC(N)=NCc1ncccc1C. The number of nitrogens with zero attached hydrogens (tertiary/aromatic N) is 2. The Morgan fingerprint density at radius 2 is 2.38 bits per heavy atom. The third-order valence-corrected chi connectivity index (χ3v) is 2.35. The predicted molar refractivity (Wildman–Crippen MR) is 67.2 cm³/mol. The molecule has 1 aromatic rings. The van der Waals surface area contributed by atoms with Gasteiger partial charge in [-0.3, -0.25) is 4.98 Å². The maximum absolute atomic E-state index is 5.72. The molecule has 0 saturated heterocycles. The highest BCUT2D eigenvalue weighted by atomic mass is 15.1. The van der Waals surface area contributed by atoms with Crippen LogP contribution in [0.2, 0.25) is 0 Å². The van der Waals surface area contributed by atoms with Crippen molar-refractivity contribution in [1.82, 2.24) is 10.3 Å². The van der Waals surface area contributed by atoms with Crippen molar-refractivity contribution in [2.24, 2.45) is 10.7 Å². The summed E-state index contributed by atoms with van der Waals surface area (Å²) in [6, 6.07) is 3.95. The van der Waals surface area contributed by atoms with Crippen LogP contribution in [-0.2, 0) is 6.54 Å². The molecule has 0 unspecified atom stereocenters. The van der Waals surface area contributed by atoms with Gasteiger partial charge in [0.15, 0.2) is 5.96 Å². The Morgan fingerprint density at radius 3 is 3.06 bits per heavy atom. The first-order valence-corrected chi connectivity index (χ1v) is 5.68. The van der Waals surface area contributed by atoms with Crippen LogP contribution in [0.5, 0.6) is 0 Å². The van der Waals surface area contributed by atoms with Crippen molar-refractivity contribution in [2.75, 3.05) is 6.54 Å². The van der Waals surface area contributed by atoms with Gasteiger partial charge in [-0.05, 0) is 25.0 Å². The second-order valence-electron chi connectivity index (χ2n) is 3.75. The maximum atomic E-state index is 5.72. The van der Waals surface area contributed by atoms with E-state index in [0.717, 1.165) is 30.6 Å². The van der Waals surface area contributed by atoms with Crippen molar-refractivity contribution in [1.29, 1.82) is 0 Å². The van der Waals surface area contributed by atoms with Gasteiger partial charge in [0.1, 0.15) is 0 Å². The van der Waals surface area contributed by atoms with E-state index in [1.165, 1.54) is 0 Å². The molecule has 0 aliphatic heterocycles. The van der Waals surface area contributed by atoms with Gasteiger partial charge in [0.05, 0.1) is 12.2 Å². The van der Waals surface area contributed by atoms with E-state index in [0.29, 0.717) is 12.5 Å². The number of unbranched alkanes of at least 4 members (excludes halogenated alkanes) is 1. The summed E-state index contributed by atoms with van der Waals surface area (Å²) >= 11 is 0. The van der Waals surface area contributed by atoms with Crippen LogP contribution in [0.3, 0.4) is 0 Å². The number of rotatable bonds is 5. The molecule has 0 spiro atoms. The largest absolute Gasteiger partial charge is 0.370 e. The fraction of sp³-hybridized carbons (Fsp3) is 0.500. The van der Waals surface area contributed by atoms with Gasteiger partial charge in [-0.1, -0.05) is 19.4 Å². The number of aliphatic imine (C=N–C) groups is 1. The Hall–Kier alpha value is -1.58. The summed E-state index contributed by atoms with van der Waals surface area (Å²) in [7, 11) is 0. The van der Waals surface area contributed by atoms with E-state index in [-0.39, 0.29) is 0 Å². The standard InChI is InChI=1S/C12H20N4/c1-3-4-7-15-12(13)16-9-11-10(2)6-5-8-14-11/h5-6,8H,3-4,7,9H2,1-2H3,(H3,13,15,16). The van der Waals surface area contributed by atoms with E-state index in [2.05, 4.69) is 22.2 Å². The van der Waals surface area contributed by atoms with Crippen molar-refractivity contribution in [3.05, 3.63) is 29.6 Å². The molecule has 88 valence electrons. The van der Waals surface area contributed by atoms with Crippen LogP contribution >= 0.6 is 0 Å². The van der Waals surface area contributed by atoms with Gasteiger partial charge in [-0.25, -0.2) is 4.99 Å². The Balaban J connectivity index is 2.43. The predicted octanol–water partition coefficient (Wildman–Crippen LogP) is 1.59. The quantitative estimate of drug-likeness (QED) is 0.450. The number of hydrogen-bond donors (Lipinski definition) is 2. The van der Waals surface area contributed by atoms with E-state index in [4.69, 9.17) is 5.73 Å². The first kappa shape index (κ1) is 12.5. The van der Waals surface area contributed by atoms with Crippen LogP contribution in [-0.4, -0.2) is 17.5 Å². The topological polar surface area (TPSA) is 63.3 Å². The van der Waals surface area contributed by atoms with Crippen LogP contribution in [0.1, 0.15) is 31.0 Å². The van der Waals surface area contributed by atoms with Gasteiger partial charge in [0.25, 0.3) is 0 Å². The molecule has 0 radical (unpaired) electrons. The van der Waals surface area contributed by atoms with Crippen molar-refractivity contribution < 1.29 is 0 Å². The van der Waals surface area contributed by atoms with Crippen LogP contribution in [0, 0.1) is 6.92 Å². The molecule has 4 nitrogen and oxygen atoms in total. The van der Waals surface area contributed by atoms with Crippen LogP contribution in [0.4, 0.5) is 0 Å². The minimum Gasteiger partial charge on any atom is -0.370 e. The number of nitrogens with one attached hydrogen (secondary N) is 1. The van der Waals surface area contributed by atoms with Gasteiger partial charge < -0.3 is 11.1 Å². The highest BCUT2D eigenvalue weighted by Gasteiger charge is 1.97. The molecular formula is C12H20N4. The normalized spacial score (nSPS) is 11.5. The number of pyridine rings is 1. The molecule has 0 aliphatic carbocycles. The summed E-state index contributed by atoms with van der Waals surface area (Å²) in [6.45, 7) is 5.59. The molecular weight excluding hydrogens is 200 g/mol. The Bertz CT molecular complexity index is 347. The lowest BCUT2D eigenvalue weighted by Gasteiger charge is -2.05. The summed E-state index contributed by atoms with van der Waals surface area (Å²) in [5.74, 6) is 0.499. The number of aromatic nitrogens is 1. The summed E-state index contributed by atoms with van der Waals surface area (Å²) in [5, 5.41) is 3.07. The van der Waals surface area contributed by atoms with Gasteiger partial charge >= 0.3 is 0 Å². The molecule has 1 rings (SSSR count). The highest BCUT2D eigenvalue weighted by Crippen LogP contribution is 2.03. The molecule has 0 bridgehead atoms. The second kappa shape index (κ2) is 6.82. The number of guanidine groups is 1. The molecule has 16 heavy (non-hydrogen) atoms. The number of nitrogens with two attached hydrogens (primary N) is 1. The van der Waals surface area contributed by atoms with Gasteiger partial charge in [0, 0.05) is 12.7 Å². The fourth-order valence-corrected chi connectivity index (χ4v) is 1.29. The van der Waals surface area contributed by atoms with E-state index in [9.17, 15) is 0 Å². The molecule has 0 amide bonds. The lowest BCUT2D eigenvalue weighted by atomic mass is 10.2. The van der Waals surface area contributed by atoms with Crippen LogP contribution in [0.15, 0.2) is 23.3 Å². The summed E-state index contributed by atoms with van der Waals surface area (Å²) in [6.07, 6.45) is 4.04. The summed E-state index contributed by atoms with van der Waals surface area (Å²) < 4.78 is 0. The van der Waals surface area contributed by atoms with Crippen molar-refractivity contribution in [3.8, 4) is 0 Å². The average molecular weight is 220 g/mol. The zero-order valence-electron chi connectivity index (χ0n) is 10.0. The fourth-order valence-electron chi connectivity index (χ4n) is 1.29. The zero-order valence-corrected chi connectivity index (χ0v) is 10.0. The molecule has 1 aromatic heterocycles. The smallest absolute Gasteiger partial charge is 0.188 e. The molecule has 1 heterocycles. The second-order valence-corrected chi connectivity index (χ2v) is 3.75. The van der Waals surface area contributed by atoms with Crippen LogP contribution in [0.25, 0.3) is 0 Å². The Morgan fingerprint density at radius 1 is 1.56 bits per heavy atom. The van der Waals surface area contributed by atoms with Crippen molar-refractivity contribution >= 4 is 5.96 Å². The molecule has 0 saturated carbocycles. The molecule has 0 aromatic carbocycles. The monoisotopic (exact) mass is 220 g/mol. The van der Waals surface area contributed by atoms with E-state index in [1.54, 1.807) is 6.20 Å². The first-order valence-electron chi connectivity index (χ1n) is 5.68. The third-order valence-electron chi connectivity index (χ3n) is 2.35. The Kier molecular flexibility index (Phi) is 5.32. The third kappa shape index (κ3) is 4.29. The molecule has 4 heteroatoms. The van der Waals surface area contributed by atoms with E-state index < -0.39 is 0 Å². The summed E-state index contributed by atoms with van der Waals surface area (Å²) in [4.78, 5) is 8.50. The minimum absolute atomic E-state index is 0.499. The lowest BCUT2D eigenvalue weighted by Crippen LogP contribution is -2.32. The molecule has 0 atom stereocenters. The average Bonchev–Trinajstić information content (AvgIpc) is 2.28. The minimum atomic E-state index is 0.499. The van der Waals surface area contributed by atoms with Crippen molar-refractivity contribution in [3.63, 3.8) is 0 Å². The van der Waals surface area contributed by atoms with Gasteiger partial charge in [-0.2, -0.15) is 0 Å². The first-order chi connectivity index (χ1) is 7.74.